The Balaban J connectivity index is 1.91. The maximum Gasteiger partial charge on any atom is 0.341 e. The molecule has 0 aromatic heterocycles. The van der Waals surface area contributed by atoms with Crippen LogP contribution in [0.4, 0.5) is 0 Å². The summed E-state index contributed by atoms with van der Waals surface area (Å²) in [5.74, 6) is -0.416. The summed E-state index contributed by atoms with van der Waals surface area (Å²) < 4.78 is 10.7. The smallest absolute Gasteiger partial charge is 0.341 e. The zero-order valence-electron chi connectivity index (χ0n) is 14.4. The fourth-order valence-electron chi connectivity index (χ4n) is 2.20. The molecule has 0 heterocycles. The molecule has 138 valence electrons. The van der Waals surface area contributed by atoms with Crippen molar-refractivity contribution in [3.8, 4) is 11.5 Å². The van der Waals surface area contributed by atoms with E-state index in [9.17, 15) is 9.59 Å². The molecule has 0 aliphatic heterocycles. The zero-order chi connectivity index (χ0) is 19.1. The van der Waals surface area contributed by atoms with Crippen LogP contribution in [0.15, 0.2) is 48.5 Å². The Morgan fingerprint density at radius 2 is 1.77 bits per heavy atom. The molecule has 1 amide bonds. The monoisotopic (exact) mass is 377 g/mol. The number of hydrogen-bond acceptors (Lipinski definition) is 4. The quantitative estimate of drug-likeness (QED) is 0.736. The predicted octanol–water partition coefficient (Wildman–Crippen LogP) is 3.45. The molecule has 7 heteroatoms. The van der Waals surface area contributed by atoms with E-state index in [1.54, 1.807) is 55.5 Å². The molecule has 2 unspecified atom stereocenters. The van der Waals surface area contributed by atoms with Crippen LogP contribution in [0, 0.1) is 0 Å². The number of nitrogens with one attached hydrogen (secondary N) is 1. The van der Waals surface area contributed by atoms with Crippen LogP contribution in [0.2, 0.25) is 5.02 Å². The molecule has 0 aliphatic rings. The van der Waals surface area contributed by atoms with E-state index in [1.807, 2.05) is 6.92 Å². The highest BCUT2D eigenvalue weighted by Crippen LogP contribution is 2.24. The number of carboxylic acid groups (broad SMARTS) is 1. The molecule has 0 aliphatic carbocycles. The van der Waals surface area contributed by atoms with Gasteiger partial charge in [0, 0.05) is 0 Å². The van der Waals surface area contributed by atoms with Gasteiger partial charge in [-0.05, 0) is 43.7 Å². The van der Waals surface area contributed by atoms with Crippen molar-refractivity contribution in [1.82, 2.24) is 5.32 Å². The molecule has 0 fully saturated rings. The molecule has 2 rings (SSSR count). The van der Waals surface area contributed by atoms with Gasteiger partial charge < -0.3 is 19.9 Å². The Labute approximate surface area is 156 Å². The number of aliphatic carboxylic acids is 1. The van der Waals surface area contributed by atoms with Crippen LogP contribution in [0.25, 0.3) is 0 Å². The van der Waals surface area contributed by atoms with Crippen LogP contribution in [0.3, 0.4) is 0 Å². The van der Waals surface area contributed by atoms with Gasteiger partial charge in [-0.3, -0.25) is 4.79 Å². The Bertz CT molecular complexity index is 763. The SMILES string of the molecule is CC(Oc1ccccc1Cl)C(=O)NC(C)c1ccc(OCC(=O)O)cc1. The molecule has 2 aromatic rings. The van der Waals surface area contributed by atoms with Gasteiger partial charge >= 0.3 is 5.97 Å². The first-order valence-corrected chi connectivity index (χ1v) is 8.40. The first kappa shape index (κ1) is 19.6. The highest BCUT2D eigenvalue weighted by molar-refractivity contribution is 6.32. The van der Waals surface area contributed by atoms with Crippen molar-refractivity contribution in [2.24, 2.45) is 0 Å². The van der Waals surface area contributed by atoms with Gasteiger partial charge in [0.15, 0.2) is 12.7 Å². The zero-order valence-corrected chi connectivity index (χ0v) is 15.2. The van der Waals surface area contributed by atoms with Crippen LogP contribution < -0.4 is 14.8 Å². The predicted molar refractivity (Wildman–Crippen MR) is 97.7 cm³/mol. The standard InChI is InChI=1S/C19H20ClNO5/c1-12(14-7-9-15(10-8-14)25-11-18(22)23)21-19(24)13(2)26-17-6-4-3-5-16(17)20/h3-10,12-13H,11H2,1-2H3,(H,21,24)(H,22,23). The number of benzene rings is 2. The molecule has 0 bridgehead atoms. The number of carboxylic acids is 1. The fraction of sp³-hybridized carbons (Fsp3) is 0.263. The topological polar surface area (TPSA) is 84.9 Å². The lowest BCUT2D eigenvalue weighted by atomic mass is 10.1. The maximum absolute atomic E-state index is 12.3. The van der Waals surface area contributed by atoms with E-state index in [0.717, 1.165) is 5.56 Å². The Morgan fingerprint density at radius 3 is 2.38 bits per heavy atom. The van der Waals surface area contributed by atoms with E-state index in [2.05, 4.69) is 5.32 Å². The number of para-hydroxylation sites is 1. The number of amides is 1. The third kappa shape index (κ3) is 5.67. The number of ether oxygens (including phenoxy) is 2. The molecule has 0 saturated carbocycles. The van der Waals surface area contributed by atoms with E-state index < -0.39 is 18.7 Å². The average molecular weight is 378 g/mol. The molecule has 0 radical (unpaired) electrons. The summed E-state index contributed by atoms with van der Waals surface area (Å²) in [7, 11) is 0. The minimum absolute atomic E-state index is 0.256. The molecule has 2 N–H and O–H groups in total. The number of halogens is 1. The normalized spacial score (nSPS) is 12.7. The van der Waals surface area contributed by atoms with Crippen molar-refractivity contribution < 1.29 is 24.2 Å². The second-order valence-corrected chi connectivity index (χ2v) is 6.08. The van der Waals surface area contributed by atoms with Gasteiger partial charge in [0.05, 0.1) is 11.1 Å². The first-order valence-electron chi connectivity index (χ1n) is 8.03. The summed E-state index contributed by atoms with van der Waals surface area (Å²) in [6.45, 7) is 3.09. The van der Waals surface area contributed by atoms with E-state index >= 15 is 0 Å². The highest BCUT2D eigenvalue weighted by atomic mass is 35.5. The fourth-order valence-corrected chi connectivity index (χ4v) is 2.38. The summed E-state index contributed by atoms with van der Waals surface area (Å²) in [5.41, 5.74) is 0.853. The summed E-state index contributed by atoms with van der Waals surface area (Å²) in [5, 5.41) is 11.9. The summed E-state index contributed by atoms with van der Waals surface area (Å²) in [6, 6.07) is 13.5. The van der Waals surface area contributed by atoms with Crippen molar-refractivity contribution in [3.05, 3.63) is 59.1 Å². The molecule has 0 spiro atoms. The van der Waals surface area contributed by atoms with E-state index in [4.69, 9.17) is 26.2 Å². The lowest BCUT2D eigenvalue weighted by Gasteiger charge is -2.19. The summed E-state index contributed by atoms with van der Waals surface area (Å²) in [6.07, 6.45) is -0.712. The number of carbonyl (C=O) groups excluding carboxylic acids is 1. The minimum atomic E-state index is -1.04. The van der Waals surface area contributed by atoms with Crippen molar-refractivity contribution >= 4 is 23.5 Å². The highest BCUT2D eigenvalue weighted by Gasteiger charge is 2.18. The average Bonchev–Trinajstić information content (AvgIpc) is 2.62. The van der Waals surface area contributed by atoms with E-state index in [1.165, 1.54) is 0 Å². The third-order valence-electron chi connectivity index (χ3n) is 3.61. The van der Waals surface area contributed by atoms with Gasteiger partial charge in [0.1, 0.15) is 11.5 Å². The van der Waals surface area contributed by atoms with Gasteiger partial charge in [-0.2, -0.15) is 0 Å². The van der Waals surface area contributed by atoms with Gasteiger partial charge in [-0.15, -0.1) is 0 Å². The third-order valence-corrected chi connectivity index (χ3v) is 3.92. The molecular weight excluding hydrogens is 358 g/mol. The second kappa shape index (κ2) is 9.10. The largest absolute Gasteiger partial charge is 0.482 e. The maximum atomic E-state index is 12.3. The number of rotatable bonds is 8. The van der Waals surface area contributed by atoms with Crippen LogP contribution >= 0.6 is 11.6 Å². The lowest BCUT2D eigenvalue weighted by molar-refractivity contribution is -0.139. The molecule has 0 saturated heterocycles. The molecule has 2 atom stereocenters. The molecule has 2 aromatic carbocycles. The van der Waals surface area contributed by atoms with Crippen LogP contribution in [0.1, 0.15) is 25.5 Å². The van der Waals surface area contributed by atoms with Crippen molar-refractivity contribution in [3.63, 3.8) is 0 Å². The van der Waals surface area contributed by atoms with Gasteiger partial charge in [-0.1, -0.05) is 35.9 Å². The van der Waals surface area contributed by atoms with Crippen LogP contribution in [-0.4, -0.2) is 29.7 Å². The van der Waals surface area contributed by atoms with Crippen molar-refractivity contribution in [2.45, 2.75) is 26.0 Å². The molecule has 6 nitrogen and oxygen atoms in total. The van der Waals surface area contributed by atoms with E-state index in [-0.39, 0.29) is 11.9 Å². The van der Waals surface area contributed by atoms with Gasteiger partial charge in [0.2, 0.25) is 0 Å². The first-order chi connectivity index (χ1) is 12.4. The molecule has 26 heavy (non-hydrogen) atoms. The molecular formula is C19H20ClNO5. The Hall–Kier alpha value is -2.73. The summed E-state index contributed by atoms with van der Waals surface area (Å²) in [4.78, 5) is 22.8. The van der Waals surface area contributed by atoms with Crippen molar-refractivity contribution in [2.75, 3.05) is 6.61 Å². The number of carbonyl (C=O) groups is 2. The van der Waals surface area contributed by atoms with Gasteiger partial charge in [-0.25, -0.2) is 4.79 Å². The summed E-state index contributed by atoms with van der Waals surface area (Å²) >= 11 is 6.03. The van der Waals surface area contributed by atoms with Crippen LogP contribution in [-0.2, 0) is 9.59 Å². The van der Waals surface area contributed by atoms with Crippen molar-refractivity contribution in [1.29, 1.82) is 0 Å². The Morgan fingerprint density at radius 1 is 1.12 bits per heavy atom. The Kier molecular flexibility index (Phi) is 6.86. The lowest BCUT2D eigenvalue weighted by Crippen LogP contribution is -2.37. The van der Waals surface area contributed by atoms with E-state index in [0.29, 0.717) is 16.5 Å². The number of hydrogen-bond donors (Lipinski definition) is 2. The van der Waals surface area contributed by atoms with Gasteiger partial charge in [0.25, 0.3) is 5.91 Å². The second-order valence-electron chi connectivity index (χ2n) is 5.67. The minimum Gasteiger partial charge on any atom is -0.482 e. The van der Waals surface area contributed by atoms with Crippen LogP contribution in [0.5, 0.6) is 11.5 Å².